The fourth-order valence-electron chi connectivity index (χ4n) is 0.892. The first-order valence-corrected chi connectivity index (χ1v) is 4.60. The molecule has 0 spiro atoms. The molecule has 1 nitrogen and oxygen atoms in total. The number of benzene rings is 1. The van der Waals surface area contributed by atoms with Crippen molar-refractivity contribution < 1.29 is 4.39 Å². The van der Waals surface area contributed by atoms with Gasteiger partial charge in [0.1, 0.15) is 6.17 Å². The second-order valence-electron chi connectivity index (χ2n) is 2.41. The predicted octanol–water partition coefficient (Wildman–Crippen LogP) is 3.07. The average Bonchev–Trinajstić information content (AvgIpc) is 2.01. The Labute approximate surface area is 83.8 Å². The van der Waals surface area contributed by atoms with Crippen LogP contribution in [-0.4, -0.2) is 6.54 Å². The van der Waals surface area contributed by atoms with Crippen LogP contribution in [0.15, 0.2) is 22.7 Å². The van der Waals surface area contributed by atoms with E-state index in [2.05, 4.69) is 15.9 Å². The third kappa shape index (κ3) is 2.44. The van der Waals surface area contributed by atoms with Gasteiger partial charge in [-0.1, -0.05) is 27.5 Å². The van der Waals surface area contributed by atoms with Gasteiger partial charge in [-0.2, -0.15) is 0 Å². The summed E-state index contributed by atoms with van der Waals surface area (Å²) in [4.78, 5) is 0. The minimum atomic E-state index is -1.14. The molecule has 12 heavy (non-hydrogen) atoms. The second kappa shape index (κ2) is 4.21. The average molecular weight is 253 g/mol. The Balaban J connectivity index is 3.00. The Bertz CT molecular complexity index is 260. The first-order valence-electron chi connectivity index (χ1n) is 3.43. The second-order valence-corrected chi connectivity index (χ2v) is 3.76. The topological polar surface area (TPSA) is 26.0 Å². The molecule has 0 aliphatic heterocycles. The number of hydrogen-bond acceptors (Lipinski definition) is 1. The SMILES string of the molecule is NCC(F)c1cc(Cl)cc(Br)c1. The van der Waals surface area contributed by atoms with Crippen molar-refractivity contribution in [3.8, 4) is 0 Å². The van der Waals surface area contributed by atoms with Crippen LogP contribution in [0.1, 0.15) is 11.7 Å². The smallest absolute Gasteiger partial charge is 0.137 e. The summed E-state index contributed by atoms with van der Waals surface area (Å²) in [5.74, 6) is 0. The minimum Gasteiger partial charge on any atom is -0.327 e. The lowest BCUT2D eigenvalue weighted by Crippen LogP contribution is -2.07. The summed E-state index contributed by atoms with van der Waals surface area (Å²) in [7, 11) is 0. The highest BCUT2D eigenvalue weighted by Crippen LogP contribution is 2.25. The van der Waals surface area contributed by atoms with Crippen LogP contribution in [0.3, 0.4) is 0 Å². The molecule has 1 aromatic carbocycles. The van der Waals surface area contributed by atoms with Crippen molar-refractivity contribution in [2.75, 3.05) is 6.54 Å². The number of hydrogen-bond donors (Lipinski definition) is 1. The number of nitrogens with two attached hydrogens (primary N) is 1. The highest BCUT2D eigenvalue weighted by Gasteiger charge is 2.08. The van der Waals surface area contributed by atoms with Crippen LogP contribution in [0, 0.1) is 0 Å². The molecule has 0 heterocycles. The Morgan fingerprint density at radius 1 is 1.50 bits per heavy atom. The molecule has 2 N–H and O–H groups in total. The van der Waals surface area contributed by atoms with Gasteiger partial charge in [-0.05, 0) is 23.8 Å². The van der Waals surface area contributed by atoms with Crippen LogP contribution >= 0.6 is 27.5 Å². The van der Waals surface area contributed by atoms with Crippen molar-refractivity contribution >= 4 is 27.5 Å². The molecule has 0 radical (unpaired) electrons. The van der Waals surface area contributed by atoms with E-state index in [4.69, 9.17) is 17.3 Å². The molecule has 1 atom stereocenters. The number of rotatable bonds is 2. The summed E-state index contributed by atoms with van der Waals surface area (Å²) >= 11 is 8.93. The summed E-state index contributed by atoms with van der Waals surface area (Å²) in [5, 5.41) is 0.510. The zero-order valence-electron chi connectivity index (χ0n) is 6.23. The molecular weight excluding hydrogens is 244 g/mol. The van der Waals surface area contributed by atoms with E-state index in [0.717, 1.165) is 4.47 Å². The molecule has 0 saturated heterocycles. The first-order chi connectivity index (χ1) is 5.63. The third-order valence-electron chi connectivity index (χ3n) is 1.45. The van der Waals surface area contributed by atoms with Crippen LogP contribution < -0.4 is 5.73 Å². The lowest BCUT2D eigenvalue weighted by molar-refractivity contribution is 0.353. The molecule has 0 fully saturated rings. The van der Waals surface area contributed by atoms with E-state index in [0.29, 0.717) is 10.6 Å². The van der Waals surface area contributed by atoms with Gasteiger partial charge in [0, 0.05) is 16.0 Å². The monoisotopic (exact) mass is 251 g/mol. The maximum atomic E-state index is 13.0. The molecule has 0 amide bonds. The molecule has 1 rings (SSSR count). The molecule has 1 unspecified atom stereocenters. The van der Waals surface area contributed by atoms with Gasteiger partial charge < -0.3 is 5.73 Å². The summed E-state index contributed by atoms with van der Waals surface area (Å²) in [6.07, 6.45) is -1.14. The lowest BCUT2D eigenvalue weighted by Gasteiger charge is -2.06. The predicted molar refractivity (Wildman–Crippen MR) is 52.1 cm³/mol. The Kier molecular flexibility index (Phi) is 3.50. The van der Waals surface area contributed by atoms with Gasteiger partial charge in [0.15, 0.2) is 0 Å². The molecular formula is C8H8BrClFN. The van der Waals surface area contributed by atoms with Gasteiger partial charge in [0.25, 0.3) is 0 Å². The molecule has 0 aromatic heterocycles. The largest absolute Gasteiger partial charge is 0.327 e. The van der Waals surface area contributed by atoms with Gasteiger partial charge in [0.05, 0.1) is 0 Å². The zero-order valence-corrected chi connectivity index (χ0v) is 8.57. The van der Waals surface area contributed by atoms with Crippen molar-refractivity contribution in [2.45, 2.75) is 6.17 Å². The van der Waals surface area contributed by atoms with E-state index < -0.39 is 6.17 Å². The molecule has 1 aromatic rings. The van der Waals surface area contributed by atoms with Crippen LogP contribution in [0.2, 0.25) is 5.02 Å². The van der Waals surface area contributed by atoms with Crippen LogP contribution in [0.25, 0.3) is 0 Å². The fourth-order valence-corrected chi connectivity index (χ4v) is 1.78. The molecule has 0 saturated carbocycles. The van der Waals surface area contributed by atoms with Crippen molar-refractivity contribution in [2.24, 2.45) is 5.73 Å². The van der Waals surface area contributed by atoms with Gasteiger partial charge in [-0.25, -0.2) is 4.39 Å². The van der Waals surface area contributed by atoms with Crippen molar-refractivity contribution in [3.05, 3.63) is 33.3 Å². The Morgan fingerprint density at radius 3 is 2.67 bits per heavy atom. The van der Waals surface area contributed by atoms with E-state index in [1.165, 1.54) is 0 Å². The lowest BCUT2D eigenvalue weighted by atomic mass is 10.1. The van der Waals surface area contributed by atoms with E-state index in [9.17, 15) is 4.39 Å². The van der Waals surface area contributed by atoms with Crippen LogP contribution in [-0.2, 0) is 0 Å². The summed E-state index contributed by atoms with van der Waals surface area (Å²) in [6.45, 7) is -0.0210. The van der Waals surface area contributed by atoms with Gasteiger partial charge in [-0.3, -0.25) is 0 Å². The molecule has 4 heteroatoms. The summed E-state index contributed by atoms with van der Waals surface area (Å²) in [5.41, 5.74) is 5.68. The van der Waals surface area contributed by atoms with Crippen LogP contribution in [0.5, 0.6) is 0 Å². The zero-order chi connectivity index (χ0) is 9.14. The van der Waals surface area contributed by atoms with E-state index >= 15 is 0 Å². The van der Waals surface area contributed by atoms with Crippen molar-refractivity contribution in [1.82, 2.24) is 0 Å². The third-order valence-corrected chi connectivity index (χ3v) is 2.13. The number of alkyl halides is 1. The standard InChI is InChI=1S/C8H8BrClFN/c9-6-1-5(8(11)4-12)2-7(10)3-6/h1-3,8H,4,12H2. The van der Waals surface area contributed by atoms with E-state index in [1.807, 2.05) is 0 Å². The fraction of sp³-hybridized carbons (Fsp3) is 0.250. The quantitative estimate of drug-likeness (QED) is 0.860. The highest BCUT2D eigenvalue weighted by atomic mass is 79.9. The first kappa shape index (κ1) is 9.96. The Morgan fingerprint density at radius 2 is 2.17 bits per heavy atom. The molecule has 0 aliphatic rings. The molecule has 66 valence electrons. The van der Waals surface area contributed by atoms with E-state index in [1.54, 1.807) is 18.2 Å². The maximum absolute atomic E-state index is 13.0. The summed E-state index contributed by atoms with van der Waals surface area (Å²) < 4.78 is 13.8. The minimum absolute atomic E-state index is 0.0210. The normalized spacial score (nSPS) is 13.0. The number of halogens is 3. The molecule has 0 aliphatic carbocycles. The van der Waals surface area contributed by atoms with Crippen molar-refractivity contribution in [1.29, 1.82) is 0 Å². The van der Waals surface area contributed by atoms with Gasteiger partial charge in [0.2, 0.25) is 0 Å². The summed E-state index contributed by atoms with van der Waals surface area (Å²) in [6, 6.07) is 4.95. The van der Waals surface area contributed by atoms with Gasteiger partial charge >= 0.3 is 0 Å². The van der Waals surface area contributed by atoms with Gasteiger partial charge in [-0.15, -0.1) is 0 Å². The van der Waals surface area contributed by atoms with E-state index in [-0.39, 0.29) is 6.54 Å². The highest BCUT2D eigenvalue weighted by molar-refractivity contribution is 9.10. The van der Waals surface area contributed by atoms with Crippen LogP contribution in [0.4, 0.5) is 4.39 Å². The Hall–Kier alpha value is -0.120. The maximum Gasteiger partial charge on any atom is 0.137 e. The molecule has 0 bridgehead atoms. The van der Waals surface area contributed by atoms with Crippen molar-refractivity contribution in [3.63, 3.8) is 0 Å².